The molecule has 0 saturated heterocycles. The smallest absolute Gasteiger partial charge is 0.190 e. The van der Waals surface area contributed by atoms with Gasteiger partial charge in [-0.05, 0) is 48.5 Å². The number of rotatable bonds is 1. The molecule has 0 unspecified atom stereocenters. The van der Waals surface area contributed by atoms with E-state index in [4.69, 9.17) is 6.42 Å². The molecule has 20 heavy (non-hydrogen) atoms. The maximum absolute atomic E-state index is 11.0. The first kappa shape index (κ1) is 14.0. The lowest BCUT2D eigenvalue weighted by molar-refractivity contribution is -0.109. The summed E-state index contributed by atoms with van der Waals surface area (Å²) in [7, 11) is 0. The molecular formula is C18H12OS. The Morgan fingerprint density at radius 3 is 1.80 bits per heavy atom. The summed E-state index contributed by atoms with van der Waals surface area (Å²) in [5.74, 6) is 8.73. The molecule has 0 bridgehead atoms. The second-order valence-electron chi connectivity index (χ2n) is 4.09. The Morgan fingerprint density at radius 1 is 0.900 bits per heavy atom. The molecule has 1 nitrogen and oxygen atoms in total. The first-order valence-electron chi connectivity index (χ1n) is 6.04. The van der Waals surface area contributed by atoms with Gasteiger partial charge in [-0.25, -0.2) is 0 Å². The highest BCUT2D eigenvalue weighted by Gasteiger charge is 1.97. The first-order valence-corrected chi connectivity index (χ1v) is 6.86. The van der Waals surface area contributed by atoms with E-state index >= 15 is 0 Å². The van der Waals surface area contributed by atoms with Gasteiger partial charge in [0.2, 0.25) is 0 Å². The Labute approximate surface area is 123 Å². The molecule has 2 aromatic rings. The maximum atomic E-state index is 11.0. The normalized spacial score (nSPS) is 9.20. The summed E-state index contributed by atoms with van der Waals surface area (Å²) in [5.41, 5.74) is 2.69. The first-order chi connectivity index (χ1) is 9.67. The lowest BCUT2D eigenvalue weighted by atomic mass is 10.1. The van der Waals surface area contributed by atoms with E-state index in [2.05, 4.69) is 17.8 Å². The number of hydrogen-bond donors (Lipinski definition) is 0. The van der Waals surface area contributed by atoms with Gasteiger partial charge in [-0.1, -0.05) is 29.5 Å². The van der Waals surface area contributed by atoms with Gasteiger partial charge < -0.3 is 0 Å². The molecule has 0 aliphatic carbocycles. The van der Waals surface area contributed by atoms with Crippen LogP contribution in [0.3, 0.4) is 0 Å². The van der Waals surface area contributed by atoms with E-state index in [0.717, 1.165) is 21.6 Å². The van der Waals surface area contributed by atoms with Gasteiger partial charge in [-0.2, -0.15) is 0 Å². The summed E-state index contributed by atoms with van der Waals surface area (Å²) >= 11 is 1.22. The highest BCUT2D eigenvalue weighted by molar-refractivity contribution is 8.13. The van der Waals surface area contributed by atoms with Crippen LogP contribution in [0, 0.1) is 24.2 Å². The van der Waals surface area contributed by atoms with E-state index in [-0.39, 0.29) is 5.12 Å². The Balaban J connectivity index is 2.12. The van der Waals surface area contributed by atoms with Gasteiger partial charge in [0.15, 0.2) is 5.12 Å². The van der Waals surface area contributed by atoms with Crippen LogP contribution in [0.25, 0.3) is 0 Å². The fourth-order valence-electron chi connectivity index (χ4n) is 1.57. The van der Waals surface area contributed by atoms with Crippen molar-refractivity contribution in [3.05, 3.63) is 65.2 Å². The second kappa shape index (κ2) is 6.66. The summed E-state index contributed by atoms with van der Waals surface area (Å²) in [6.07, 6.45) is 5.30. The van der Waals surface area contributed by atoms with Gasteiger partial charge in [-0.3, -0.25) is 4.79 Å². The molecule has 0 aliphatic heterocycles. The van der Waals surface area contributed by atoms with E-state index in [0.29, 0.717) is 0 Å². The molecule has 0 spiro atoms. The molecule has 0 amide bonds. The van der Waals surface area contributed by atoms with Crippen molar-refractivity contribution in [3.8, 4) is 24.2 Å². The molecular weight excluding hydrogens is 264 g/mol. The van der Waals surface area contributed by atoms with Crippen molar-refractivity contribution in [1.82, 2.24) is 0 Å². The third-order valence-electron chi connectivity index (χ3n) is 2.52. The van der Waals surface area contributed by atoms with Crippen LogP contribution in [0.5, 0.6) is 0 Å². The SMILES string of the molecule is C#Cc1ccc(C#Cc2ccc(SC(C)=O)cc2)cc1. The topological polar surface area (TPSA) is 17.1 Å². The van der Waals surface area contributed by atoms with E-state index in [1.807, 2.05) is 48.5 Å². The minimum absolute atomic E-state index is 0.0810. The van der Waals surface area contributed by atoms with Crippen molar-refractivity contribution in [2.45, 2.75) is 11.8 Å². The van der Waals surface area contributed by atoms with E-state index in [1.54, 1.807) is 6.92 Å². The van der Waals surface area contributed by atoms with Crippen LogP contribution < -0.4 is 0 Å². The lowest BCUT2D eigenvalue weighted by Crippen LogP contribution is -1.82. The molecule has 0 saturated carbocycles. The quantitative estimate of drug-likeness (QED) is 0.583. The van der Waals surface area contributed by atoms with Gasteiger partial charge in [0.05, 0.1) is 0 Å². The maximum Gasteiger partial charge on any atom is 0.190 e. The molecule has 2 aromatic carbocycles. The zero-order chi connectivity index (χ0) is 14.4. The van der Waals surface area contributed by atoms with Crippen LogP contribution in [0.15, 0.2) is 53.4 Å². The number of carbonyl (C=O) groups is 1. The molecule has 0 N–H and O–H groups in total. The number of hydrogen-bond acceptors (Lipinski definition) is 2. The zero-order valence-corrected chi connectivity index (χ0v) is 11.8. The predicted molar refractivity (Wildman–Crippen MR) is 83.3 cm³/mol. The van der Waals surface area contributed by atoms with Crippen molar-refractivity contribution in [2.24, 2.45) is 0 Å². The highest BCUT2D eigenvalue weighted by Crippen LogP contribution is 2.18. The summed E-state index contributed by atoms with van der Waals surface area (Å²) in [6.45, 7) is 1.55. The van der Waals surface area contributed by atoms with Crippen molar-refractivity contribution in [1.29, 1.82) is 0 Å². The third-order valence-corrected chi connectivity index (χ3v) is 3.31. The van der Waals surface area contributed by atoms with Crippen LogP contribution in [0.2, 0.25) is 0 Å². The van der Waals surface area contributed by atoms with Crippen LogP contribution in [0.4, 0.5) is 0 Å². The second-order valence-corrected chi connectivity index (χ2v) is 5.34. The summed E-state index contributed by atoms with van der Waals surface area (Å²) < 4.78 is 0. The Bertz CT molecular complexity index is 707. The minimum Gasteiger partial charge on any atom is -0.287 e. The number of terminal acetylenes is 1. The van der Waals surface area contributed by atoms with Crippen LogP contribution in [-0.4, -0.2) is 5.12 Å². The van der Waals surface area contributed by atoms with Gasteiger partial charge in [0, 0.05) is 28.5 Å². The molecule has 0 aliphatic rings. The molecule has 0 atom stereocenters. The Morgan fingerprint density at radius 2 is 1.35 bits per heavy atom. The fraction of sp³-hybridized carbons (Fsp3) is 0.0556. The zero-order valence-electron chi connectivity index (χ0n) is 11.0. The van der Waals surface area contributed by atoms with Crippen LogP contribution in [-0.2, 0) is 4.79 Å². The standard InChI is InChI=1S/C18H12OS/c1-3-15-4-6-16(7-5-15)8-9-17-10-12-18(13-11-17)20-14(2)19/h1,4-7,10-13H,2H3. The van der Waals surface area contributed by atoms with Crippen molar-refractivity contribution >= 4 is 16.9 Å². The third kappa shape index (κ3) is 4.05. The van der Waals surface area contributed by atoms with Crippen LogP contribution in [0.1, 0.15) is 23.6 Å². The molecule has 96 valence electrons. The summed E-state index contributed by atoms with van der Waals surface area (Å²) in [5, 5.41) is 0.0810. The van der Waals surface area contributed by atoms with Crippen molar-refractivity contribution in [2.75, 3.05) is 0 Å². The van der Waals surface area contributed by atoms with Gasteiger partial charge >= 0.3 is 0 Å². The molecule has 0 fully saturated rings. The number of carbonyl (C=O) groups excluding carboxylic acids is 1. The minimum atomic E-state index is 0.0810. The van der Waals surface area contributed by atoms with Gasteiger partial charge in [-0.15, -0.1) is 6.42 Å². The summed E-state index contributed by atoms with van der Waals surface area (Å²) in [4.78, 5) is 11.9. The predicted octanol–water partition coefficient (Wildman–Crippen LogP) is 3.71. The lowest BCUT2D eigenvalue weighted by Gasteiger charge is -1.96. The van der Waals surface area contributed by atoms with Gasteiger partial charge in [0.25, 0.3) is 0 Å². The van der Waals surface area contributed by atoms with E-state index < -0.39 is 0 Å². The van der Waals surface area contributed by atoms with Crippen LogP contribution >= 0.6 is 11.8 Å². The van der Waals surface area contributed by atoms with Gasteiger partial charge in [0.1, 0.15) is 0 Å². The largest absolute Gasteiger partial charge is 0.287 e. The molecule has 0 radical (unpaired) electrons. The Kier molecular flexibility index (Phi) is 4.66. The van der Waals surface area contributed by atoms with Crippen molar-refractivity contribution in [3.63, 3.8) is 0 Å². The Hall–Kier alpha value is -2.42. The number of thioether (sulfide) groups is 1. The average Bonchev–Trinajstić information content (AvgIpc) is 2.46. The molecule has 0 heterocycles. The highest BCUT2D eigenvalue weighted by atomic mass is 32.2. The number of benzene rings is 2. The van der Waals surface area contributed by atoms with E-state index in [1.165, 1.54) is 11.8 Å². The van der Waals surface area contributed by atoms with Crippen molar-refractivity contribution < 1.29 is 4.79 Å². The fourth-order valence-corrected chi connectivity index (χ4v) is 2.17. The molecule has 0 aromatic heterocycles. The molecule has 2 rings (SSSR count). The summed E-state index contributed by atoms with van der Waals surface area (Å²) in [6, 6.07) is 15.2. The average molecular weight is 276 g/mol. The molecule has 2 heteroatoms. The van der Waals surface area contributed by atoms with E-state index in [9.17, 15) is 4.79 Å². The monoisotopic (exact) mass is 276 g/mol.